The summed E-state index contributed by atoms with van der Waals surface area (Å²) in [6.45, 7) is 3.16. The molecule has 1 N–H and O–H groups in total. The number of hydrogen-bond donors (Lipinski definition) is 1. The van der Waals surface area contributed by atoms with Crippen LogP contribution in [0.2, 0.25) is 0 Å². The first-order chi connectivity index (χ1) is 11.2. The zero-order valence-corrected chi connectivity index (χ0v) is 13.2. The molecule has 0 bridgehead atoms. The summed E-state index contributed by atoms with van der Waals surface area (Å²) in [5, 5.41) is 7.48. The third kappa shape index (κ3) is 3.85. The first kappa shape index (κ1) is 15.0. The van der Waals surface area contributed by atoms with Gasteiger partial charge in [0.25, 0.3) is 0 Å². The maximum atomic E-state index is 5.35. The van der Waals surface area contributed by atoms with Crippen molar-refractivity contribution in [2.75, 3.05) is 11.9 Å². The highest BCUT2D eigenvalue weighted by molar-refractivity contribution is 5.62. The molecular formula is C17H19N5O. The van der Waals surface area contributed by atoms with Gasteiger partial charge in [-0.25, -0.2) is 0 Å². The number of anilines is 1. The molecule has 0 fully saturated rings. The highest BCUT2D eigenvalue weighted by atomic mass is 16.5. The van der Waals surface area contributed by atoms with E-state index in [4.69, 9.17) is 4.74 Å². The smallest absolute Gasteiger partial charge is 0.234 e. The van der Waals surface area contributed by atoms with Crippen LogP contribution in [0.25, 0.3) is 11.1 Å². The van der Waals surface area contributed by atoms with Crippen LogP contribution < -0.4 is 10.1 Å². The molecule has 3 rings (SSSR count). The Labute approximate surface area is 135 Å². The molecule has 0 aliphatic carbocycles. The second kappa shape index (κ2) is 6.91. The molecule has 6 nitrogen and oxygen atoms in total. The molecule has 0 aliphatic heterocycles. The van der Waals surface area contributed by atoms with Crippen molar-refractivity contribution in [3.63, 3.8) is 0 Å². The van der Waals surface area contributed by atoms with Crippen LogP contribution in [0.3, 0.4) is 0 Å². The lowest BCUT2D eigenvalue weighted by atomic mass is 10.1. The summed E-state index contributed by atoms with van der Waals surface area (Å²) in [7, 11) is 1.92. The van der Waals surface area contributed by atoms with Crippen LogP contribution >= 0.6 is 0 Å². The maximum Gasteiger partial charge on any atom is 0.234 e. The number of rotatable bonds is 6. The van der Waals surface area contributed by atoms with Gasteiger partial charge in [0.1, 0.15) is 5.82 Å². The van der Waals surface area contributed by atoms with Gasteiger partial charge in [-0.15, -0.1) is 0 Å². The van der Waals surface area contributed by atoms with E-state index < -0.39 is 0 Å². The third-order valence-electron chi connectivity index (χ3n) is 3.34. The van der Waals surface area contributed by atoms with E-state index in [0.29, 0.717) is 24.8 Å². The minimum absolute atomic E-state index is 0.529. The van der Waals surface area contributed by atoms with E-state index in [-0.39, 0.29) is 0 Å². The molecular weight excluding hydrogens is 290 g/mol. The van der Waals surface area contributed by atoms with Crippen molar-refractivity contribution in [1.29, 1.82) is 0 Å². The van der Waals surface area contributed by atoms with Crippen molar-refractivity contribution in [1.82, 2.24) is 19.7 Å². The van der Waals surface area contributed by atoms with E-state index in [2.05, 4.69) is 38.6 Å². The fraction of sp³-hybridized carbons (Fsp3) is 0.235. The Hall–Kier alpha value is -2.89. The Kier molecular flexibility index (Phi) is 4.52. The third-order valence-corrected chi connectivity index (χ3v) is 3.34. The maximum absolute atomic E-state index is 5.35. The van der Waals surface area contributed by atoms with Gasteiger partial charge in [0.2, 0.25) is 5.88 Å². The molecule has 0 aliphatic rings. The van der Waals surface area contributed by atoms with Gasteiger partial charge in [-0.05, 0) is 24.1 Å². The number of ether oxygens (including phenoxy) is 1. The fourth-order valence-electron chi connectivity index (χ4n) is 2.27. The van der Waals surface area contributed by atoms with Crippen LogP contribution in [0.1, 0.15) is 12.5 Å². The number of aromatic nitrogens is 4. The Morgan fingerprint density at radius 1 is 1.17 bits per heavy atom. The lowest BCUT2D eigenvalue weighted by Crippen LogP contribution is -2.03. The lowest BCUT2D eigenvalue weighted by molar-refractivity contribution is 0.325. The average Bonchev–Trinajstić information content (AvgIpc) is 3.01. The summed E-state index contributed by atoms with van der Waals surface area (Å²) in [4.78, 5) is 8.47. The van der Waals surface area contributed by atoms with Crippen molar-refractivity contribution in [2.24, 2.45) is 7.05 Å². The molecule has 1 aromatic carbocycles. The van der Waals surface area contributed by atoms with E-state index >= 15 is 0 Å². The molecule has 3 aromatic rings. The summed E-state index contributed by atoms with van der Waals surface area (Å²) in [6.07, 6.45) is 7.17. The van der Waals surface area contributed by atoms with Gasteiger partial charge < -0.3 is 10.1 Å². The molecule has 2 heterocycles. The number of nitrogens with zero attached hydrogens (tertiary/aromatic N) is 4. The molecule has 118 valence electrons. The van der Waals surface area contributed by atoms with Gasteiger partial charge in [0.05, 0.1) is 25.2 Å². The minimum atomic E-state index is 0.529. The molecule has 0 radical (unpaired) electrons. The van der Waals surface area contributed by atoms with Crippen molar-refractivity contribution < 1.29 is 4.74 Å². The number of benzene rings is 1. The summed E-state index contributed by atoms with van der Waals surface area (Å²) in [5.41, 5.74) is 3.41. The van der Waals surface area contributed by atoms with Crippen LogP contribution in [0, 0.1) is 0 Å². The van der Waals surface area contributed by atoms with E-state index in [1.54, 1.807) is 17.1 Å². The number of aryl methyl sites for hydroxylation is 1. The topological polar surface area (TPSA) is 64.9 Å². The van der Waals surface area contributed by atoms with Crippen molar-refractivity contribution in [3.05, 3.63) is 54.6 Å². The normalized spacial score (nSPS) is 10.5. The van der Waals surface area contributed by atoms with Crippen LogP contribution in [-0.2, 0) is 13.6 Å². The van der Waals surface area contributed by atoms with E-state index in [9.17, 15) is 0 Å². The van der Waals surface area contributed by atoms with Crippen LogP contribution in [0.15, 0.2) is 49.1 Å². The first-order valence-electron chi connectivity index (χ1n) is 7.51. The number of hydrogen-bond acceptors (Lipinski definition) is 5. The van der Waals surface area contributed by atoms with Gasteiger partial charge in [0.15, 0.2) is 0 Å². The fourth-order valence-corrected chi connectivity index (χ4v) is 2.27. The SMILES string of the molecule is CCOc1cncc(NCc2cccc(-c3cnn(C)c3)c2)n1. The highest BCUT2D eigenvalue weighted by Gasteiger charge is 2.03. The monoisotopic (exact) mass is 309 g/mol. The Morgan fingerprint density at radius 3 is 2.87 bits per heavy atom. The second-order valence-electron chi connectivity index (χ2n) is 5.13. The zero-order chi connectivity index (χ0) is 16.1. The summed E-state index contributed by atoms with van der Waals surface area (Å²) in [5.74, 6) is 1.23. The van der Waals surface area contributed by atoms with Gasteiger partial charge in [0, 0.05) is 25.4 Å². The van der Waals surface area contributed by atoms with E-state index in [1.807, 2.05) is 32.4 Å². The summed E-state index contributed by atoms with van der Waals surface area (Å²) < 4.78 is 7.16. The van der Waals surface area contributed by atoms with Gasteiger partial charge in [-0.3, -0.25) is 9.67 Å². The van der Waals surface area contributed by atoms with Gasteiger partial charge in [-0.1, -0.05) is 18.2 Å². The van der Waals surface area contributed by atoms with Crippen LogP contribution in [0.4, 0.5) is 5.82 Å². The van der Waals surface area contributed by atoms with E-state index in [0.717, 1.165) is 16.7 Å². The van der Waals surface area contributed by atoms with Gasteiger partial charge in [-0.2, -0.15) is 10.1 Å². The second-order valence-corrected chi connectivity index (χ2v) is 5.13. The molecule has 0 amide bonds. The lowest BCUT2D eigenvalue weighted by Gasteiger charge is -2.08. The summed E-state index contributed by atoms with van der Waals surface area (Å²) >= 11 is 0. The molecule has 0 saturated heterocycles. The van der Waals surface area contributed by atoms with Crippen molar-refractivity contribution in [2.45, 2.75) is 13.5 Å². The van der Waals surface area contributed by atoms with Crippen LogP contribution in [-0.4, -0.2) is 26.4 Å². The van der Waals surface area contributed by atoms with Crippen LogP contribution in [0.5, 0.6) is 5.88 Å². The predicted octanol–water partition coefficient (Wildman–Crippen LogP) is 2.89. The largest absolute Gasteiger partial charge is 0.477 e. The Morgan fingerprint density at radius 2 is 2.09 bits per heavy atom. The Balaban J connectivity index is 1.70. The molecule has 0 atom stereocenters. The standard InChI is InChI=1S/C17H19N5O/c1-3-23-17-11-18-10-16(21-17)19-8-13-5-4-6-14(7-13)15-9-20-22(2)12-15/h4-7,9-12H,3,8H2,1-2H3,(H,19,21). The summed E-state index contributed by atoms with van der Waals surface area (Å²) in [6, 6.07) is 8.34. The first-order valence-corrected chi connectivity index (χ1v) is 7.51. The molecule has 0 saturated carbocycles. The predicted molar refractivity (Wildman–Crippen MR) is 89.2 cm³/mol. The van der Waals surface area contributed by atoms with Gasteiger partial charge >= 0.3 is 0 Å². The molecule has 0 unspecified atom stereocenters. The quantitative estimate of drug-likeness (QED) is 0.758. The average molecular weight is 309 g/mol. The molecule has 23 heavy (non-hydrogen) atoms. The molecule has 6 heteroatoms. The molecule has 0 spiro atoms. The Bertz CT molecular complexity index is 784. The minimum Gasteiger partial charge on any atom is -0.477 e. The van der Waals surface area contributed by atoms with E-state index in [1.165, 1.54) is 0 Å². The molecule has 2 aromatic heterocycles. The highest BCUT2D eigenvalue weighted by Crippen LogP contribution is 2.20. The van der Waals surface area contributed by atoms with Crippen molar-refractivity contribution in [3.8, 4) is 17.0 Å². The zero-order valence-electron chi connectivity index (χ0n) is 13.2. The number of nitrogens with one attached hydrogen (secondary N) is 1. The van der Waals surface area contributed by atoms with Crippen molar-refractivity contribution >= 4 is 5.82 Å².